The molecule has 2 aromatic carbocycles. The van der Waals surface area contributed by atoms with Gasteiger partial charge in [-0.05, 0) is 65.3 Å². The Bertz CT molecular complexity index is 665. The highest BCUT2D eigenvalue weighted by Crippen LogP contribution is 2.30. The molecule has 0 aliphatic heterocycles. The van der Waals surface area contributed by atoms with E-state index in [1.54, 1.807) is 42.5 Å². The van der Waals surface area contributed by atoms with Crippen LogP contribution in [0, 0.1) is 0 Å². The normalized spacial score (nSPS) is 10.1. The molecule has 5 heteroatoms. The molecule has 2 rings (SSSR count). The van der Waals surface area contributed by atoms with Crippen molar-refractivity contribution in [2.75, 3.05) is 0 Å². The first-order chi connectivity index (χ1) is 9.47. The molecule has 2 aromatic rings. The molecule has 0 fully saturated rings. The number of Topliss-reactive ketones (excluding diaryl/α,β-unsaturated/α-hetero) is 1. The van der Waals surface area contributed by atoms with E-state index in [1.165, 1.54) is 6.92 Å². The van der Waals surface area contributed by atoms with E-state index in [4.69, 9.17) is 10.5 Å². The number of halogens is 1. The van der Waals surface area contributed by atoms with Crippen LogP contribution in [0.3, 0.4) is 0 Å². The van der Waals surface area contributed by atoms with Crippen LogP contribution in [0.15, 0.2) is 46.9 Å². The highest BCUT2D eigenvalue weighted by atomic mass is 79.9. The minimum atomic E-state index is -0.483. The van der Waals surface area contributed by atoms with Crippen molar-refractivity contribution in [3.8, 4) is 11.5 Å². The van der Waals surface area contributed by atoms with Crippen LogP contribution >= 0.6 is 15.9 Å². The highest BCUT2D eigenvalue weighted by molar-refractivity contribution is 9.10. The number of ether oxygens (including phenoxy) is 1. The predicted octanol–water partition coefficient (Wildman–Crippen LogP) is 3.54. The Balaban J connectivity index is 2.21. The zero-order valence-electron chi connectivity index (χ0n) is 10.7. The van der Waals surface area contributed by atoms with E-state index in [9.17, 15) is 9.59 Å². The summed E-state index contributed by atoms with van der Waals surface area (Å²) in [4.78, 5) is 22.2. The van der Waals surface area contributed by atoms with Gasteiger partial charge in [-0.25, -0.2) is 0 Å². The molecule has 0 saturated carbocycles. The van der Waals surface area contributed by atoms with E-state index < -0.39 is 5.91 Å². The van der Waals surface area contributed by atoms with Crippen molar-refractivity contribution in [1.29, 1.82) is 0 Å². The van der Waals surface area contributed by atoms with E-state index in [0.717, 1.165) is 0 Å². The average Bonchev–Trinajstić information content (AvgIpc) is 2.41. The summed E-state index contributed by atoms with van der Waals surface area (Å²) in [7, 11) is 0. The van der Waals surface area contributed by atoms with Gasteiger partial charge in [0.1, 0.15) is 11.5 Å². The second-order valence-electron chi connectivity index (χ2n) is 4.19. The minimum absolute atomic E-state index is 0.0111. The number of hydrogen-bond acceptors (Lipinski definition) is 3. The average molecular weight is 334 g/mol. The summed E-state index contributed by atoms with van der Waals surface area (Å²) in [5, 5.41) is 0. The van der Waals surface area contributed by atoms with Gasteiger partial charge in [-0.15, -0.1) is 0 Å². The summed E-state index contributed by atoms with van der Waals surface area (Å²) < 4.78 is 6.35. The summed E-state index contributed by atoms with van der Waals surface area (Å²) in [5.74, 6) is 0.666. The molecule has 0 saturated heterocycles. The van der Waals surface area contributed by atoms with Crippen molar-refractivity contribution < 1.29 is 14.3 Å². The van der Waals surface area contributed by atoms with E-state index in [-0.39, 0.29) is 5.78 Å². The maximum absolute atomic E-state index is 11.3. The Labute approximate surface area is 124 Å². The molecule has 0 spiro atoms. The number of ketones is 1. The quantitative estimate of drug-likeness (QED) is 0.870. The molecule has 0 heterocycles. The molecule has 0 aliphatic rings. The SMILES string of the molecule is CC(=O)c1ccc(Oc2ccc(C(N)=O)cc2)c(Br)c1. The van der Waals surface area contributed by atoms with Crippen molar-refractivity contribution in [1.82, 2.24) is 0 Å². The Morgan fingerprint density at radius 1 is 1.05 bits per heavy atom. The van der Waals surface area contributed by atoms with Crippen LogP contribution in [0.4, 0.5) is 0 Å². The van der Waals surface area contributed by atoms with Gasteiger partial charge < -0.3 is 10.5 Å². The molecule has 0 bridgehead atoms. The van der Waals surface area contributed by atoms with Crippen molar-refractivity contribution >= 4 is 27.6 Å². The van der Waals surface area contributed by atoms with Crippen LogP contribution in [0.1, 0.15) is 27.6 Å². The van der Waals surface area contributed by atoms with E-state index in [1.807, 2.05) is 0 Å². The first kappa shape index (κ1) is 14.3. The Kier molecular flexibility index (Phi) is 4.20. The number of hydrogen-bond donors (Lipinski definition) is 1. The molecule has 2 N–H and O–H groups in total. The zero-order chi connectivity index (χ0) is 14.7. The van der Waals surface area contributed by atoms with Gasteiger partial charge in [-0.2, -0.15) is 0 Å². The topological polar surface area (TPSA) is 69.4 Å². The second kappa shape index (κ2) is 5.88. The summed E-state index contributed by atoms with van der Waals surface area (Å²) in [6.45, 7) is 1.50. The zero-order valence-corrected chi connectivity index (χ0v) is 12.3. The molecular formula is C15H12BrNO3. The Hall–Kier alpha value is -2.14. The predicted molar refractivity (Wildman–Crippen MR) is 79.2 cm³/mol. The van der Waals surface area contributed by atoms with Crippen molar-refractivity contribution in [3.63, 3.8) is 0 Å². The molecule has 20 heavy (non-hydrogen) atoms. The molecule has 1 amide bonds. The van der Waals surface area contributed by atoms with Gasteiger partial charge >= 0.3 is 0 Å². The summed E-state index contributed by atoms with van der Waals surface area (Å²) in [5.41, 5.74) is 6.19. The van der Waals surface area contributed by atoms with Crippen LogP contribution in [-0.2, 0) is 0 Å². The molecule has 0 aromatic heterocycles. The van der Waals surface area contributed by atoms with Crippen molar-refractivity contribution in [3.05, 3.63) is 58.1 Å². The third-order valence-electron chi connectivity index (χ3n) is 2.71. The Morgan fingerprint density at radius 3 is 2.15 bits per heavy atom. The number of carbonyl (C=O) groups excluding carboxylic acids is 2. The van der Waals surface area contributed by atoms with Gasteiger partial charge in [0.25, 0.3) is 0 Å². The minimum Gasteiger partial charge on any atom is -0.456 e. The Morgan fingerprint density at radius 2 is 1.65 bits per heavy atom. The van der Waals surface area contributed by atoms with Gasteiger partial charge in [-0.3, -0.25) is 9.59 Å². The monoisotopic (exact) mass is 333 g/mol. The molecule has 102 valence electrons. The summed E-state index contributed by atoms with van der Waals surface area (Å²) in [6.07, 6.45) is 0. The van der Waals surface area contributed by atoms with Gasteiger partial charge in [0.2, 0.25) is 5.91 Å². The fourth-order valence-corrected chi connectivity index (χ4v) is 2.08. The maximum atomic E-state index is 11.3. The molecule has 0 unspecified atom stereocenters. The number of rotatable bonds is 4. The third kappa shape index (κ3) is 3.24. The van der Waals surface area contributed by atoms with Gasteiger partial charge in [0.15, 0.2) is 5.78 Å². The number of amides is 1. The third-order valence-corrected chi connectivity index (χ3v) is 3.32. The van der Waals surface area contributed by atoms with Crippen LogP contribution in [0.2, 0.25) is 0 Å². The van der Waals surface area contributed by atoms with E-state index >= 15 is 0 Å². The number of benzene rings is 2. The maximum Gasteiger partial charge on any atom is 0.248 e. The number of nitrogens with two attached hydrogens (primary N) is 1. The van der Waals surface area contributed by atoms with E-state index in [0.29, 0.717) is 27.1 Å². The molecule has 4 nitrogen and oxygen atoms in total. The van der Waals surface area contributed by atoms with E-state index in [2.05, 4.69) is 15.9 Å². The van der Waals surface area contributed by atoms with Gasteiger partial charge in [-0.1, -0.05) is 0 Å². The molecular weight excluding hydrogens is 322 g/mol. The lowest BCUT2D eigenvalue weighted by molar-refractivity contribution is 0.0996. The first-order valence-corrected chi connectivity index (χ1v) is 6.65. The van der Waals surface area contributed by atoms with Crippen molar-refractivity contribution in [2.24, 2.45) is 5.73 Å². The van der Waals surface area contributed by atoms with Crippen LogP contribution in [-0.4, -0.2) is 11.7 Å². The highest BCUT2D eigenvalue weighted by Gasteiger charge is 2.07. The second-order valence-corrected chi connectivity index (χ2v) is 5.05. The molecule has 0 aliphatic carbocycles. The lowest BCUT2D eigenvalue weighted by Gasteiger charge is -2.09. The molecule has 0 radical (unpaired) electrons. The van der Waals surface area contributed by atoms with Crippen LogP contribution < -0.4 is 10.5 Å². The lowest BCUT2D eigenvalue weighted by atomic mass is 10.1. The van der Waals surface area contributed by atoms with Crippen molar-refractivity contribution in [2.45, 2.75) is 6.92 Å². The van der Waals surface area contributed by atoms with Crippen LogP contribution in [0.5, 0.6) is 11.5 Å². The fraction of sp³-hybridized carbons (Fsp3) is 0.0667. The summed E-state index contributed by atoms with van der Waals surface area (Å²) in [6, 6.07) is 11.6. The van der Waals surface area contributed by atoms with Gasteiger partial charge in [0, 0.05) is 11.1 Å². The largest absolute Gasteiger partial charge is 0.456 e. The summed E-state index contributed by atoms with van der Waals surface area (Å²) >= 11 is 3.36. The lowest BCUT2D eigenvalue weighted by Crippen LogP contribution is -2.10. The standard InChI is InChI=1S/C15H12BrNO3/c1-9(18)11-4-7-14(13(16)8-11)20-12-5-2-10(3-6-12)15(17)19/h2-8H,1H3,(H2,17,19). The van der Waals surface area contributed by atoms with Crippen LogP contribution in [0.25, 0.3) is 0 Å². The smallest absolute Gasteiger partial charge is 0.248 e. The number of carbonyl (C=O) groups is 2. The number of primary amides is 1. The van der Waals surface area contributed by atoms with Gasteiger partial charge in [0.05, 0.1) is 4.47 Å². The fourth-order valence-electron chi connectivity index (χ4n) is 1.62. The first-order valence-electron chi connectivity index (χ1n) is 5.85. The molecule has 0 atom stereocenters.